The number of ether oxygens (including phenoxy) is 1. The molecule has 2 atom stereocenters. The van der Waals surface area contributed by atoms with Gasteiger partial charge in [-0.15, -0.1) is 0 Å². The molecule has 0 spiro atoms. The van der Waals surface area contributed by atoms with E-state index in [4.69, 9.17) is 4.74 Å². The first-order valence-corrected chi connectivity index (χ1v) is 8.13. The molecule has 1 aliphatic heterocycles. The summed E-state index contributed by atoms with van der Waals surface area (Å²) in [7, 11) is 3.39. The number of nitrogens with zero attached hydrogens (tertiary/aromatic N) is 3. The van der Waals surface area contributed by atoms with Crippen molar-refractivity contribution in [1.82, 2.24) is 14.7 Å². The zero-order valence-corrected chi connectivity index (χ0v) is 14.3. The van der Waals surface area contributed by atoms with Crippen LogP contribution in [0.3, 0.4) is 0 Å². The van der Waals surface area contributed by atoms with Gasteiger partial charge in [0.05, 0.1) is 25.3 Å². The van der Waals surface area contributed by atoms with Crippen molar-refractivity contribution in [3.8, 4) is 5.75 Å². The molecular weight excluding hydrogens is 322 g/mol. The van der Waals surface area contributed by atoms with E-state index < -0.39 is 17.9 Å². The molecule has 1 aliphatic rings. The van der Waals surface area contributed by atoms with E-state index in [2.05, 4.69) is 5.10 Å². The maximum absolute atomic E-state index is 12.4. The third-order valence-corrected chi connectivity index (χ3v) is 4.62. The number of aromatic nitrogens is 2. The van der Waals surface area contributed by atoms with E-state index in [1.807, 2.05) is 24.3 Å². The summed E-state index contributed by atoms with van der Waals surface area (Å²) in [5.41, 5.74) is 1.83. The number of hydrogen-bond acceptors (Lipinski definition) is 4. The van der Waals surface area contributed by atoms with Crippen molar-refractivity contribution >= 4 is 11.9 Å². The molecule has 132 valence electrons. The lowest BCUT2D eigenvalue weighted by Gasteiger charge is -2.26. The quantitative estimate of drug-likeness (QED) is 0.862. The van der Waals surface area contributed by atoms with Crippen LogP contribution in [0, 0.1) is 5.92 Å². The highest BCUT2D eigenvalue weighted by Crippen LogP contribution is 2.38. The van der Waals surface area contributed by atoms with E-state index in [-0.39, 0.29) is 12.3 Å². The summed E-state index contributed by atoms with van der Waals surface area (Å²) in [6, 6.07) is 7.18. The lowest BCUT2D eigenvalue weighted by atomic mass is 9.96. The Bertz CT molecular complexity index is 769. The predicted octanol–water partition coefficient (Wildman–Crippen LogP) is 1.65. The fourth-order valence-corrected chi connectivity index (χ4v) is 3.32. The molecule has 0 unspecified atom stereocenters. The molecule has 7 heteroatoms. The lowest BCUT2D eigenvalue weighted by Crippen LogP contribution is -2.32. The summed E-state index contributed by atoms with van der Waals surface area (Å²) < 4.78 is 6.77. The number of carbonyl (C=O) groups excluding carboxylic acids is 1. The molecule has 3 rings (SSSR count). The summed E-state index contributed by atoms with van der Waals surface area (Å²) in [6.45, 7) is 0.467. The number of likely N-dealkylation sites (tertiary alicyclic amines) is 1. The Morgan fingerprint density at radius 1 is 1.36 bits per heavy atom. The molecule has 1 aromatic heterocycles. The van der Waals surface area contributed by atoms with Crippen molar-refractivity contribution < 1.29 is 19.4 Å². The summed E-state index contributed by atoms with van der Waals surface area (Å²) in [6.07, 6.45) is 4.09. The van der Waals surface area contributed by atoms with Crippen LogP contribution >= 0.6 is 0 Å². The first-order valence-electron chi connectivity index (χ1n) is 8.13. The second-order valence-corrected chi connectivity index (χ2v) is 6.23. The third kappa shape index (κ3) is 3.50. The summed E-state index contributed by atoms with van der Waals surface area (Å²) in [5, 5.41) is 13.6. The molecule has 0 bridgehead atoms. The third-order valence-electron chi connectivity index (χ3n) is 4.62. The number of rotatable bonds is 6. The molecule has 1 amide bonds. The standard InChI is InChI=1S/C18H21N3O4/c1-20-11-13(10-19-20)17-15(18(23)24)9-16(22)21(17)8-7-12-3-5-14(25-2)6-4-12/h3-6,10-11,15,17H,7-9H2,1-2H3,(H,23,24)/t15-,17-/m0/s1. The smallest absolute Gasteiger partial charge is 0.309 e. The molecule has 7 nitrogen and oxygen atoms in total. The van der Waals surface area contributed by atoms with E-state index >= 15 is 0 Å². The molecule has 0 radical (unpaired) electrons. The molecule has 2 heterocycles. The van der Waals surface area contributed by atoms with Gasteiger partial charge in [0.1, 0.15) is 5.75 Å². The maximum atomic E-state index is 12.4. The first-order chi connectivity index (χ1) is 12.0. The highest BCUT2D eigenvalue weighted by atomic mass is 16.5. The summed E-state index contributed by atoms with van der Waals surface area (Å²) in [5.74, 6) is -1.04. The molecule has 1 fully saturated rings. The Balaban J connectivity index is 1.79. The number of carboxylic acid groups (broad SMARTS) is 1. The van der Waals surface area contributed by atoms with Crippen LogP contribution in [0.15, 0.2) is 36.7 Å². The molecule has 1 saturated heterocycles. The van der Waals surface area contributed by atoms with Gasteiger partial charge in [0.25, 0.3) is 0 Å². The van der Waals surface area contributed by atoms with E-state index in [1.54, 1.807) is 36.1 Å². The minimum atomic E-state index is -0.950. The number of carboxylic acids is 1. The number of aliphatic carboxylic acids is 1. The Hall–Kier alpha value is -2.83. The van der Waals surface area contributed by atoms with Crippen molar-refractivity contribution in [3.05, 3.63) is 47.8 Å². The highest BCUT2D eigenvalue weighted by Gasteiger charge is 2.44. The number of aryl methyl sites for hydroxylation is 1. The minimum Gasteiger partial charge on any atom is -0.497 e. The van der Waals surface area contributed by atoms with Crippen molar-refractivity contribution in [2.75, 3.05) is 13.7 Å². The monoisotopic (exact) mass is 343 g/mol. The minimum absolute atomic E-state index is 0.0253. The number of hydrogen-bond donors (Lipinski definition) is 1. The largest absolute Gasteiger partial charge is 0.497 e. The second-order valence-electron chi connectivity index (χ2n) is 6.23. The summed E-state index contributed by atoms with van der Waals surface area (Å²) >= 11 is 0. The molecule has 0 saturated carbocycles. The van der Waals surface area contributed by atoms with Gasteiger partial charge >= 0.3 is 5.97 Å². The average molecular weight is 343 g/mol. The highest BCUT2D eigenvalue weighted by molar-refractivity contribution is 5.87. The maximum Gasteiger partial charge on any atom is 0.309 e. The Kier molecular flexibility index (Phi) is 4.74. The predicted molar refractivity (Wildman–Crippen MR) is 90.1 cm³/mol. The van der Waals surface area contributed by atoms with E-state index in [0.29, 0.717) is 13.0 Å². The van der Waals surface area contributed by atoms with Crippen molar-refractivity contribution in [2.24, 2.45) is 13.0 Å². The molecule has 1 aromatic carbocycles. The first kappa shape index (κ1) is 17.0. The van der Waals surface area contributed by atoms with E-state index in [0.717, 1.165) is 16.9 Å². The van der Waals surface area contributed by atoms with Crippen LogP contribution in [0.25, 0.3) is 0 Å². The van der Waals surface area contributed by atoms with E-state index in [1.165, 1.54) is 0 Å². The topological polar surface area (TPSA) is 84.7 Å². The zero-order valence-electron chi connectivity index (χ0n) is 14.3. The normalized spacial score (nSPS) is 20.1. The van der Waals surface area contributed by atoms with Crippen LogP contribution in [0.4, 0.5) is 0 Å². The zero-order chi connectivity index (χ0) is 18.0. The number of amides is 1. The molecule has 25 heavy (non-hydrogen) atoms. The molecular formula is C18H21N3O4. The van der Waals surface area contributed by atoms with Crippen molar-refractivity contribution in [2.45, 2.75) is 18.9 Å². The van der Waals surface area contributed by atoms with Gasteiger partial charge < -0.3 is 14.7 Å². The van der Waals surface area contributed by atoms with Gasteiger partial charge in [-0.1, -0.05) is 12.1 Å². The van der Waals surface area contributed by atoms with Gasteiger partial charge in [-0.3, -0.25) is 14.3 Å². The van der Waals surface area contributed by atoms with E-state index in [9.17, 15) is 14.7 Å². The second kappa shape index (κ2) is 6.96. The van der Waals surface area contributed by atoms with Gasteiger partial charge in [-0.2, -0.15) is 5.10 Å². The number of benzene rings is 1. The lowest BCUT2D eigenvalue weighted by molar-refractivity contribution is -0.142. The molecule has 1 N–H and O–H groups in total. The number of carbonyl (C=O) groups is 2. The Morgan fingerprint density at radius 2 is 2.08 bits per heavy atom. The van der Waals surface area contributed by atoms with Crippen LogP contribution in [-0.2, 0) is 23.1 Å². The van der Waals surface area contributed by atoms with Gasteiger partial charge in [-0.25, -0.2) is 0 Å². The fourth-order valence-electron chi connectivity index (χ4n) is 3.32. The van der Waals surface area contributed by atoms with Crippen LogP contribution in [0.2, 0.25) is 0 Å². The van der Waals surface area contributed by atoms with Crippen LogP contribution in [0.5, 0.6) is 5.75 Å². The van der Waals surface area contributed by atoms with Crippen LogP contribution in [-0.4, -0.2) is 45.3 Å². The molecule has 0 aliphatic carbocycles. The van der Waals surface area contributed by atoms with Gasteiger partial charge in [0.2, 0.25) is 5.91 Å². The number of methoxy groups -OCH3 is 1. The van der Waals surface area contributed by atoms with Gasteiger partial charge in [-0.05, 0) is 24.1 Å². The Morgan fingerprint density at radius 3 is 2.64 bits per heavy atom. The van der Waals surface area contributed by atoms with Gasteiger partial charge in [0.15, 0.2) is 0 Å². The van der Waals surface area contributed by atoms with Crippen LogP contribution < -0.4 is 4.74 Å². The Labute approximate surface area is 145 Å². The summed E-state index contributed by atoms with van der Waals surface area (Å²) in [4.78, 5) is 25.7. The SMILES string of the molecule is COc1ccc(CCN2C(=O)C[C@H](C(=O)O)[C@@H]2c2cnn(C)c2)cc1. The van der Waals surface area contributed by atoms with Crippen molar-refractivity contribution in [1.29, 1.82) is 0 Å². The molecule has 2 aromatic rings. The average Bonchev–Trinajstić information content (AvgIpc) is 3.16. The van der Waals surface area contributed by atoms with Crippen LogP contribution in [0.1, 0.15) is 23.6 Å². The fraction of sp³-hybridized carbons (Fsp3) is 0.389. The van der Waals surface area contributed by atoms with Crippen molar-refractivity contribution in [3.63, 3.8) is 0 Å². The van der Waals surface area contributed by atoms with Gasteiger partial charge in [0, 0.05) is 31.8 Å².